The summed E-state index contributed by atoms with van der Waals surface area (Å²) in [6.45, 7) is 5.44. The number of carbonyl (C=O) groups is 6. The van der Waals surface area contributed by atoms with E-state index in [1.54, 1.807) is 84.2 Å². The Bertz CT molecular complexity index is 4710. The Morgan fingerprint density at radius 2 is 1.05 bits per heavy atom. The number of esters is 4. The van der Waals surface area contributed by atoms with Crippen molar-refractivity contribution in [2.75, 3.05) is 96.1 Å². The molecule has 12 atom stereocenters. The third-order valence-electron chi connectivity index (χ3n) is 23.0. The molecule has 4 aliphatic carbocycles. The van der Waals surface area contributed by atoms with Crippen LogP contribution < -0.4 is 4.90 Å². The van der Waals surface area contributed by atoms with E-state index in [9.17, 15) is 62.4 Å². The standard InChI is InChI=1S/C26H29F3O4.C25H32O5S2.C23H27ClO5S.C22H28ClNO6S/c27-26(28,29)22-8-2-5-19(17-22)10-11-20-12-13-24(31)23(20)9-3-6-18-4-1-7-21(16-18)25(32)33-15-14-30;1-16(2)17-5-3-7-19(13-17)31-15-21-20(22(27)14-23(21)28)8-4-6-18-9-10-24(32-18)25(29)30-12-11-26;24-19-5-2-6-20(12-19)30-15-18-7-8-22(26)21(18)14-28-13-16-3-1-4-17(11-16)23(27)29-10-9-25;1-24(15-4-2-14(23)3-5-15)11-17-18(20(27)10-19(17)26)13-29-12-16-6-7-21(31-16)22(28)30-9-8-25/h1-2,4-5,7-8,16-17,20,23,30H,3,6,9-15H2;3,5,7,9-10,13,16,20-21,23,26,28H,4,6,8,11-12,14-15H2,1-2H3;1-6,11-12,18,21-22,25-26H,7-10,13-15H2;2-7,17-20,25-27H,8-13H2,1H3/t20-,23+;20-,21-,23?;18-,21-,22?;17-,18-,19?,20?/m0111/s1. The molecule has 2 aromatic heterocycles. The summed E-state index contributed by atoms with van der Waals surface area (Å²) in [6, 6.07) is 50.6. The fourth-order valence-corrected chi connectivity index (χ4v) is 20.8. The van der Waals surface area contributed by atoms with Gasteiger partial charge in [-0.3, -0.25) is 9.59 Å². The number of hydrogen-bond donors (Lipinski definition) is 8. The zero-order valence-corrected chi connectivity index (χ0v) is 75.9. The Hall–Kier alpha value is -7.59. The maximum atomic E-state index is 12.9. The molecule has 4 fully saturated rings. The van der Waals surface area contributed by atoms with E-state index in [0.29, 0.717) is 108 Å². The predicted octanol–water partition coefficient (Wildman–Crippen LogP) is 16.9. The second-order valence-electron chi connectivity index (χ2n) is 32.2. The second-order valence-corrected chi connectivity index (χ2v) is 37.6. The van der Waals surface area contributed by atoms with E-state index in [4.69, 9.17) is 72.0 Å². The highest BCUT2D eigenvalue weighted by atomic mass is 35.5. The van der Waals surface area contributed by atoms with Gasteiger partial charge >= 0.3 is 30.1 Å². The number of Topliss-reactive ketones (excluding diaryl/α,β-unsaturated/α-hetero) is 2. The molecule has 0 amide bonds. The van der Waals surface area contributed by atoms with Crippen molar-refractivity contribution in [3.8, 4) is 0 Å². The number of carbonyl (C=O) groups excluding carboxylic acids is 6. The smallest absolute Gasteiger partial charge is 0.416 e. The quantitative estimate of drug-likeness (QED) is 0.0100. The SMILES string of the molecule is CC(C)c1cccc(SC[C@H]2C(O)CC(=O)[C@@H]2CCCc2ccc(C(=O)OCCO)s2)c1.CN(C[C@H]1C(O)CC(O)[C@@H]1COCc1ccc(C(=O)OCCO)s1)c1ccc(Cl)cc1.O=C(OCCO)c1cccc(CCC[C@H]2C(=O)CC[C@@H]2CCc2cccc(C(F)(F)F)c2)c1.O=C(OCCO)c1cccc(COC[C@H]2C(O)CC[C@@H]2CSc2cccc(Cl)c2)c1. The molecule has 4 unspecified atom stereocenters. The van der Waals surface area contributed by atoms with Gasteiger partial charge in [-0.25, -0.2) is 19.2 Å². The Kier molecular flexibility index (Phi) is 42.9. The molecule has 0 saturated heterocycles. The van der Waals surface area contributed by atoms with Crippen molar-refractivity contribution in [2.24, 2.45) is 47.3 Å². The Labute approximate surface area is 761 Å². The number of ketones is 2. The molecule has 4 saturated carbocycles. The van der Waals surface area contributed by atoms with Gasteiger partial charge in [-0.05, 0) is 226 Å². The Morgan fingerprint density at radius 3 is 1.69 bits per heavy atom. The number of thiophene rings is 2. The summed E-state index contributed by atoms with van der Waals surface area (Å²) in [7, 11) is 1.95. The third-order valence-corrected chi connectivity index (χ3v) is 27.9. The summed E-state index contributed by atoms with van der Waals surface area (Å²) in [5.74, 6) is 0.827. The van der Waals surface area contributed by atoms with Crippen molar-refractivity contribution in [2.45, 2.75) is 163 Å². The van der Waals surface area contributed by atoms with E-state index in [0.717, 1.165) is 105 Å². The molecule has 6 aromatic carbocycles. The molecular formula is C96H116Cl2F3NO20S4. The molecule has 684 valence electrons. The first-order valence-electron chi connectivity index (χ1n) is 42.8. The fraction of sp³-hybridized carbons (Fsp3) is 0.479. The van der Waals surface area contributed by atoms with Crippen LogP contribution in [0.5, 0.6) is 0 Å². The normalized spacial score (nSPS) is 20.8. The number of ether oxygens (including phenoxy) is 6. The largest absolute Gasteiger partial charge is 0.460 e. The van der Waals surface area contributed by atoms with Gasteiger partial charge in [0.05, 0.1) is 94.0 Å². The van der Waals surface area contributed by atoms with Gasteiger partial charge in [0.1, 0.15) is 47.7 Å². The van der Waals surface area contributed by atoms with E-state index in [1.165, 1.54) is 45.3 Å². The molecule has 2 heterocycles. The molecule has 30 heteroatoms. The lowest BCUT2D eigenvalue weighted by molar-refractivity contribution is -0.137. The number of benzene rings is 6. The average molecular weight is 1860 g/mol. The number of hydrogen-bond acceptors (Lipinski definition) is 25. The highest BCUT2D eigenvalue weighted by molar-refractivity contribution is 7.99. The second kappa shape index (κ2) is 52.9. The van der Waals surface area contributed by atoms with Gasteiger partial charge in [-0.1, -0.05) is 97.7 Å². The maximum Gasteiger partial charge on any atom is 0.416 e. The third kappa shape index (κ3) is 32.8. The molecule has 0 aliphatic heterocycles. The number of nitrogens with zero attached hydrogens (tertiary/aromatic N) is 1. The minimum absolute atomic E-state index is 0.000646. The zero-order chi connectivity index (χ0) is 90.7. The summed E-state index contributed by atoms with van der Waals surface area (Å²) < 4.78 is 70.3. The first-order valence-corrected chi connectivity index (χ1v) is 47.1. The van der Waals surface area contributed by atoms with Crippen LogP contribution in [-0.2, 0) is 76.7 Å². The van der Waals surface area contributed by atoms with Gasteiger partial charge in [0.2, 0.25) is 0 Å². The van der Waals surface area contributed by atoms with Crippen molar-refractivity contribution >= 4 is 111 Å². The molecule has 8 N–H and O–H groups in total. The van der Waals surface area contributed by atoms with Gasteiger partial charge in [0, 0.05) is 109 Å². The Balaban J connectivity index is 0.000000190. The number of aliphatic hydroxyl groups is 8. The van der Waals surface area contributed by atoms with Crippen LogP contribution in [0.1, 0.15) is 168 Å². The van der Waals surface area contributed by atoms with Crippen LogP contribution in [0.25, 0.3) is 0 Å². The molecule has 126 heavy (non-hydrogen) atoms. The number of aliphatic hydroxyl groups excluding tert-OH is 8. The Morgan fingerprint density at radius 1 is 0.500 bits per heavy atom. The van der Waals surface area contributed by atoms with E-state index in [1.807, 2.05) is 78.7 Å². The van der Waals surface area contributed by atoms with Crippen LogP contribution in [0.3, 0.4) is 0 Å². The zero-order valence-electron chi connectivity index (χ0n) is 71.1. The van der Waals surface area contributed by atoms with Crippen LogP contribution in [-0.4, -0.2) is 192 Å². The van der Waals surface area contributed by atoms with E-state index in [-0.39, 0.29) is 118 Å². The lowest BCUT2D eigenvalue weighted by Crippen LogP contribution is -2.36. The summed E-state index contributed by atoms with van der Waals surface area (Å²) >= 11 is 18.2. The summed E-state index contributed by atoms with van der Waals surface area (Å²) in [4.78, 5) is 79.8. The average Bonchev–Trinajstić information content (AvgIpc) is 1.67. The van der Waals surface area contributed by atoms with Crippen LogP contribution in [0.4, 0.5) is 18.9 Å². The van der Waals surface area contributed by atoms with Crippen LogP contribution in [0, 0.1) is 47.3 Å². The highest BCUT2D eigenvalue weighted by Crippen LogP contribution is 2.42. The van der Waals surface area contributed by atoms with Gasteiger partial charge in [0.25, 0.3) is 0 Å². The minimum atomic E-state index is -4.35. The molecule has 0 bridgehead atoms. The maximum absolute atomic E-state index is 12.9. The molecule has 12 rings (SSSR count). The van der Waals surface area contributed by atoms with Crippen molar-refractivity contribution in [1.29, 1.82) is 0 Å². The lowest BCUT2D eigenvalue weighted by Gasteiger charge is -2.29. The molecule has 4 aliphatic rings. The first kappa shape index (κ1) is 102. The van der Waals surface area contributed by atoms with Crippen molar-refractivity contribution in [3.05, 3.63) is 238 Å². The number of rotatable bonds is 41. The summed E-state index contributed by atoms with van der Waals surface area (Å²) in [5.41, 5.74) is 4.99. The molecule has 0 spiro atoms. The number of alkyl halides is 3. The van der Waals surface area contributed by atoms with Gasteiger partial charge in [0.15, 0.2) is 0 Å². The molecular weight excluding hydrogens is 1740 g/mol. The van der Waals surface area contributed by atoms with Crippen molar-refractivity contribution in [1.82, 2.24) is 0 Å². The van der Waals surface area contributed by atoms with Crippen LogP contribution in [0.15, 0.2) is 180 Å². The van der Waals surface area contributed by atoms with Gasteiger partial charge < -0.3 is 74.2 Å². The van der Waals surface area contributed by atoms with Crippen LogP contribution in [0.2, 0.25) is 10.0 Å². The summed E-state index contributed by atoms with van der Waals surface area (Å²) in [5, 5.41) is 78.3. The van der Waals surface area contributed by atoms with Crippen molar-refractivity contribution in [3.63, 3.8) is 0 Å². The monoisotopic (exact) mass is 1860 g/mol. The van der Waals surface area contributed by atoms with E-state index < -0.39 is 53.9 Å². The van der Waals surface area contributed by atoms with Crippen LogP contribution >= 0.6 is 69.4 Å². The first-order chi connectivity index (χ1) is 60.6. The predicted molar refractivity (Wildman–Crippen MR) is 484 cm³/mol. The molecule has 21 nitrogen and oxygen atoms in total. The fourth-order valence-electron chi connectivity index (χ4n) is 16.2. The van der Waals surface area contributed by atoms with E-state index >= 15 is 0 Å². The van der Waals surface area contributed by atoms with E-state index in [2.05, 4.69) is 38.1 Å². The number of halogens is 5. The molecule has 8 aromatic rings. The minimum Gasteiger partial charge on any atom is -0.460 e. The number of anilines is 1. The molecule has 0 radical (unpaired) electrons. The van der Waals surface area contributed by atoms with Gasteiger partial charge in [-0.15, -0.1) is 46.2 Å². The topological polar surface area (TPSA) is 323 Å². The number of aryl methyl sites for hydroxylation is 3. The summed E-state index contributed by atoms with van der Waals surface area (Å²) in [6.07, 6.45) is 2.97. The van der Waals surface area contributed by atoms with Crippen molar-refractivity contribution < 1.29 is 111 Å². The number of thioether (sulfide) groups is 2. The van der Waals surface area contributed by atoms with Gasteiger partial charge in [-0.2, -0.15) is 13.2 Å². The highest BCUT2D eigenvalue weighted by Gasteiger charge is 2.44. The lowest BCUT2D eigenvalue weighted by atomic mass is 9.85.